The number of aliphatic hydroxyl groups is 1. The molecule has 0 heterocycles. The third kappa shape index (κ3) is 74.9. The van der Waals surface area contributed by atoms with Crippen LogP contribution in [0.15, 0.2) is 207 Å². The molecule has 0 radical (unpaired) electrons. The van der Waals surface area contributed by atoms with Crippen LogP contribution in [0.4, 0.5) is 0 Å². The molecule has 0 bridgehead atoms. The van der Waals surface area contributed by atoms with Gasteiger partial charge in [-0.1, -0.05) is 342 Å². The van der Waals surface area contributed by atoms with Gasteiger partial charge >= 0.3 is 11.9 Å². The van der Waals surface area contributed by atoms with Gasteiger partial charge in [0.1, 0.15) is 6.61 Å². The topological polar surface area (TPSA) is 72.8 Å². The Morgan fingerprint density at radius 1 is 0.256 bits per heavy atom. The fourth-order valence-corrected chi connectivity index (χ4v) is 9.68. The summed E-state index contributed by atoms with van der Waals surface area (Å²) in [6.07, 6.45) is 124. The second-order valence-corrected chi connectivity index (χ2v) is 23.6. The summed E-state index contributed by atoms with van der Waals surface area (Å²) in [6.45, 7) is 3.88. The zero-order chi connectivity index (χ0) is 64.7. The number of esters is 2. The summed E-state index contributed by atoms with van der Waals surface area (Å²) in [6, 6.07) is 0. The van der Waals surface area contributed by atoms with E-state index in [4.69, 9.17) is 9.47 Å². The van der Waals surface area contributed by atoms with Crippen molar-refractivity contribution in [3.8, 4) is 0 Å². The summed E-state index contributed by atoms with van der Waals surface area (Å²) >= 11 is 0. The number of carbonyl (C=O) groups excluding carboxylic acids is 2. The molecule has 5 heteroatoms. The molecule has 90 heavy (non-hydrogen) atoms. The first kappa shape index (κ1) is 84.5. The van der Waals surface area contributed by atoms with Crippen LogP contribution in [0.1, 0.15) is 296 Å². The highest BCUT2D eigenvalue weighted by atomic mass is 16.6. The quantitative estimate of drug-likeness (QED) is 0.0373. The molecule has 0 fully saturated rings. The number of hydrogen-bond acceptors (Lipinski definition) is 5. The Balaban J connectivity index is 3.60. The van der Waals surface area contributed by atoms with Crippen LogP contribution in [0.3, 0.4) is 0 Å². The lowest BCUT2D eigenvalue weighted by molar-refractivity contribution is -0.161. The van der Waals surface area contributed by atoms with Crippen molar-refractivity contribution in [2.45, 2.75) is 302 Å². The summed E-state index contributed by atoms with van der Waals surface area (Å²) in [5.74, 6) is -0.647. The van der Waals surface area contributed by atoms with E-state index >= 15 is 0 Å². The second-order valence-electron chi connectivity index (χ2n) is 23.6. The molecule has 0 aliphatic heterocycles. The molecular formula is C85H134O5. The molecule has 1 unspecified atom stereocenters. The van der Waals surface area contributed by atoms with E-state index in [-0.39, 0.29) is 31.6 Å². The molecule has 0 amide bonds. The van der Waals surface area contributed by atoms with Crippen LogP contribution in [-0.2, 0) is 19.1 Å². The van der Waals surface area contributed by atoms with Gasteiger partial charge in [0.15, 0.2) is 6.10 Å². The molecule has 1 N–H and O–H groups in total. The minimum Gasteiger partial charge on any atom is -0.462 e. The van der Waals surface area contributed by atoms with Crippen LogP contribution in [0.2, 0.25) is 0 Å². The van der Waals surface area contributed by atoms with Crippen molar-refractivity contribution in [2.75, 3.05) is 13.2 Å². The van der Waals surface area contributed by atoms with Gasteiger partial charge in [-0.3, -0.25) is 9.59 Å². The lowest BCUT2D eigenvalue weighted by atomic mass is 10.0. The molecule has 0 aromatic rings. The molecular weight excluding hydrogens is 1100 g/mol. The molecule has 0 saturated heterocycles. The maximum atomic E-state index is 12.4. The van der Waals surface area contributed by atoms with E-state index in [1.54, 1.807) is 0 Å². The second kappa shape index (κ2) is 77.7. The van der Waals surface area contributed by atoms with Gasteiger partial charge in [0.2, 0.25) is 0 Å². The molecule has 1 atom stereocenters. The van der Waals surface area contributed by atoms with Crippen molar-refractivity contribution in [2.24, 2.45) is 0 Å². The molecule has 0 spiro atoms. The molecule has 0 aliphatic carbocycles. The average Bonchev–Trinajstić information content (AvgIpc) is 3.59. The fraction of sp³-hybridized carbons (Fsp3) is 0.576. The van der Waals surface area contributed by atoms with Gasteiger partial charge in [-0.15, -0.1) is 0 Å². The number of allylic oxidation sites excluding steroid dienone is 34. The van der Waals surface area contributed by atoms with E-state index in [0.29, 0.717) is 12.8 Å². The number of ether oxygens (including phenoxy) is 2. The Kier molecular flexibility index (Phi) is 73.0. The first-order chi connectivity index (χ1) is 44.6. The lowest BCUT2D eigenvalue weighted by Crippen LogP contribution is -2.28. The fourth-order valence-electron chi connectivity index (χ4n) is 9.68. The van der Waals surface area contributed by atoms with Gasteiger partial charge in [-0.25, -0.2) is 0 Å². The highest BCUT2D eigenvalue weighted by molar-refractivity contribution is 5.70. The minimum atomic E-state index is -0.811. The maximum absolute atomic E-state index is 12.4. The van der Waals surface area contributed by atoms with Gasteiger partial charge in [-0.05, 0) is 148 Å². The van der Waals surface area contributed by atoms with E-state index in [1.165, 1.54) is 122 Å². The maximum Gasteiger partial charge on any atom is 0.306 e. The van der Waals surface area contributed by atoms with Crippen LogP contribution in [0, 0.1) is 0 Å². The Bertz CT molecular complexity index is 2090. The van der Waals surface area contributed by atoms with E-state index in [0.717, 1.165) is 141 Å². The Morgan fingerprint density at radius 3 is 0.689 bits per heavy atom. The van der Waals surface area contributed by atoms with Crippen LogP contribution in [0.25, 0.3) is 0 Å². The van der Waals surface area contributed by atoms with Gasteiger partial charge in [0, 0.05) is 12.8 Å². The normalized spacial score (nSPS) is 13.5. The van der Waals surface area contributed by atoms with Gasteiger partial charge < -0.3 is 14.6 Å². The molecule has 0 rings (SSSR count). The largest absolute Gasteiger partial charge is 0.462 e. The number of aliphatic hydroxyl groups excluding tert-OH is 1. The monoisotopic (exact) mass is 1240 g/mol. The summed E-state index contributed by atoms with van der Waals surface area (Å²) in [4.78, 5) is 24.7. The minimum absolute atomic E-state index is 0.0935. The predicted molar refractivity (Wildman–Crippen MR) is 398 cm³/mol. The lowest BCUT2D eigenvalue weighted by Gasteiger charge is -2.15. The highest BCUT2D eigenvalue weighted by Gasteiger charge is 2.16. The van der Waals surface area contributed by atoms with Crippen LogP contribution < -0.4 is 0 Å². The number of rotatable bonds is 65. The van der Waals surface area contributed by atoms with Gasteiger partial charge in [0.25, 0.3) is 0 Å². The summed E-state index contributed by atoms with van der Waals surface area (Å²) in [5, 5.41) is 9.70. The zero-order valence-electron chi connectivity index (χ0n) is 57.8. The van der Waals surface area contributed by atoms with Crippen molar-refractivity contribution in [3.63, 3.8) is 0 Å². The third-order valence-corrected chi connectivity index (χ3v) is 15.1. The van der Waals surface area contributed by atoms with Gasteiger partial charge in [0.05, 0.1) is 6.61 Å². The zero-order valence-corrected chi connectivity index (χ0v) is 57.8. The Labute approximate surface area is 555 Å². The van der Waals surface area contributed by atoms with Crippen molar-refractivity contribution in [1.82, 2.24) is 0 Å². The van der Waals surface area contributed by atoms with E-state index in [1.807, 2.05) is 0 Å². The smallest absolute Gasteiger partial charge is 0.306 e. The Hall–Kier alpha value is -5.52. The summed E-state index contributed by atoms with van der Waals surface area (Å²) in [7, 11) is 0. The van der Waals surface area contributed by atoms with Crippen LogP contribution in [-0.4, -0.2) is 36.4 Å². The van der Waals surface area contributed by atoms with Crippen molar-refractivity contribution >= 4 is 11.9 Å². The summed E-state index contributed by atoms with van der Waals surface area (Å²) in [5.41, 5.74) is 0. The number of carbonyl (C=O) groups is 2. The number of hydrogen-bond donors (Lipinski definition) is 1. The molecule has 0 aliphatic rings. The Morgan fingerprint density at radius 2 is 0.444 bits per heavy atom. The molecule has 0 saturated carbocycles. The van der Waals surface area contributed by atoms with E-state index < -0.39 is 6.10 Å². The molecule has 0 aromatic heterocycles. The van der Waals surface area contributed by atoms with E-state index in [2.05, 4.69) is 220 Å². The average molecular weight is 1240 g/mol. The SMILES string of the molecule is CC/C=C\C/C=C\C/C=C\C/C=C\C/C=C\C/C=C\C/C=C\C/C=C\C/C=C\C/C=C\C/C=C\C/C=C\CCCCC(=O)OC(CO)COC(=O)CCCCCCCCCCCCCCCCCCCCCCC/C=C\C/C=C\C/C=C\C/C=C\C/C=C\CC. The summed E-state index contributed by atoms with van der Waals surface area (Å²) < 4.78 is 10.7. The third-order valence-electron chi connectivity index (χ3n) is 15.1. The first-order valence-electron chi connectivity index (χ1n) is 36.6. The van der Waals surface area contributed by atoms with Gasteiger partial charge in [-0.2, -0.15) is 0 Å². The highest BCUT2D eigenvalue weighted by Crippen LogP contribution is 2.17. The van der Waals surface area contributed by atoms with E-state index in [9.17, 15) is 14.7 Å². The molecule has 504 valence electrons. The predicted octanol–water partition coefficient (Wildman–Crippen LogP) is 26.1. The van der Waals surface area contributed by atoms with Crippen molar-refractivity contribution in [1.29, 1.82) is 0 Å². The molecule has 0 aromatic carbocycles. The van der Waals surface area contributed by atoms with Crippen LogP contribution in [0.5, 0.6) is 0 Å². The number of unbranched alkanes of at least 4 members (excludes halogenated alkanes) is 23. The van der Waals surface area contributed by atoms with Crippen molar-refractivity contribution in [3.05, 3.63) is 207 Å². The molecule has 5 nitrogen and oxygen atoms in total. The standard InChI is InChI=1S/C85H134O5/c1-3-5-7-9-11-13-15-17-19-21-23-25-27-29-31-33-35-37-39-41-42-44-46-48-50-52-54-56-58-60-62-64-66-68-70-72-74-76-78-80-85(88)90-83(81-86)82-89-84(87)79-77-75-73-71-69-67-65-63-61-59-57-55-53-51-49-47-45-43-40-38-36-34-32-30-28-26-24-22-20-18-16-14-12-10-8-6-4-2/h5-8,11-14,17-20,23-26,29-32,35,37,41-42,46,48,52,54,58,60,64,66,70,72,83,86H,3-4,9-10,15-16,21-22,27-28,33-34,36,38-40,43-45,47,49-51,53,55-57,59,61-63,65,67-69,71,73-82H2,1-2H3/b7-5-,8-6-,13-11-,14-12-,19-17-,20-18-,25-23-,26-24-,31-29-,32-30-,37-35-,42-41-,48-46-,54-52-,60-58-,66-64-,72-70-. The van der Waals surface area contributed by atoms with Crippen molar-refractivity contribution < 1.29 is 24.2 Å². The van der Waals surface area contributed by atoms with Crippen LogP contribution >= 0.6 is 0 Å². The first-order valence-corrected chi connectivity index (χ1v) is 36.6.